The van der Waals surface area contributed by atoms with Crippen molar-refractivity contribution in [2.45, 2.75) is 25.8 Å². The minimum absolute atomic E-state index is 0.0525. The van der Waals surface area contributed by atoms with E-state index in [1.165, 1.54) is 18.2 Å². The van der Waals surface area contributed by atoms with Crippen LogP contribution in [0.25, 0.3) is 22.3 Å². The summed E-state index contributed by atoms with van der Waals surface area (Å²) < 4.78 is 40.6. The Morgan fingerprint density at radius 3 is 2.00 bits per heavy atom. The average molecular weight is 875 g/mol. The van der Waals surface area contributed by atoms with E-state index in [1.807, 2.05) is 6.92 Å². The van der Waals surface area contributed by atoms with E-state index >= 15 is 0 Å². The molecule has 1 fully saturated rings. The van der Waals surface area contributed by atoms with Crippen LogP contribution in [0.2, 0.25) is 5.02 Å². The standard InChI is InChI=1S/C38H36ClIN2O12/c1-2-51-34-21-33-27(19-29(34)40)31(43)20-32(54-33)25-6-4-23(18-28(25)39)53-16-14-50-12-10-48-9-11-49-13-15-52-22-3-5-24-26(17-22)38(47)42(37(24)46)30-7-8-35(44)41-36(30)45/h3-6,17-21,30H,2,7-16H2,1H3,(H,41,44,45). The molecule has 0 saturated carbocycles. The second-order valence-electron chi connectivity index (χ2n) is 12.0. The van der Waals surface area contributed by atoms with E-state index in [-0.39, 0.29) is 49.2 Å². The maximum atomic E-state index is 13.0. The first-order valence-electron chi connectivity index (χ1n) is 17.2. The number of benzene rings is 3. The van der Waals surface area contributed by atoms with Crippen molar-refractivity contribution in [3.8, 4) is 28.6 Å². The molecule has 2 aliphatic heterocycles. The summed E-state index contributed by atoms with van der Waals surface area (Å²) in [5.74, 6) is -0.365. The third-order valence-corrected chi connectivity index (χ3v) is 9.59. The largest absolute Gasteiger partial charge is 0.493 e. The maximum absolute atomic E-state index is 13.0. The fraction of sp³-hybridized carbons (Fsp3) is 0.342. The fourth-order valence-electron chi connectivity index (χ4n) is 5.86. The van der Waals surface area contributed by atoms with Crippen LogP contribution in [-0.4, -0.2) is 94.0 Å². The highest BCUT2D eigenvalue weighted by atomic mass is 127. The van der Waals surface area contributed by atoms with Crippen molar-refractivity contribution in [3.63, 3.8) is 0 Å². The van der Waals surface area contributed by atoms with Crippen molar-refractivity contribution in [2.24, 2.45) is 0 Å². The third-order valence-electron chi connectivity index (χ3n) is 8.44. The molecule has 0 bridgehead atoms. The lowest BCUT2D eigenvalue weighted by Crippen LogP contribution is -2.54. The molecular formula is C38H36ClIN2O12. The van der Waals surface area contributed by atoms with Crippen molar-refractivity contribution < 1.29 is 52.0 Å². The molecule has 0 radical (unpaired) electrons. The first-order valence-corrected chi connectivity index (χ1v) is 18.6. The van der Waals surface area contributed by atoms with Crippen LogP contribution in [0.4, 0.5) is 0 Å². The van der Waals surface area contributed by atoms with Gasteiger partial charge < -0.3 is 32.8 Å². The molecule has 3 heterocycles. The number of carbonyl (C=O) groups is 4. The van der Waals surface area contributed by atoms with Gasteiger partial charge in [0.25, 0.3) is 11.8 Å². The quantitative estimate of drug-likeness (QED) is 0.0806. The van der Waals surface area contributed by atoms with Crippen molar-refractivity contribution in [1.82, 2.24) is 10.2 Å². The maximum Gasteiger partial charge on any atom is 0.262 e. The Kier molecular flexibility index (Phi) is 13.2. The zero-order chi connectivity index (χ0) is 38.2. The highest BCUT2D eigenvalue weighted by molar-refractivity contribution is 14.1. The molecular weight excluding hydrogens is 839 g/mol. The molecule has 2 aliphatic rings. The Labute approximate surface area is 328 Å². The average Bonchev–Trinajstić information content (AvgIpc) is 3.39. The van der Waals surface area contributed by atoms with Gasteiger partial charge in [-0.1, -0.05) is 11.6 Å². The van der Waals surface area contributed by atoms with Gasteiger partial charge in [-0.3, -0.25) is 34.2 Å². The molecule has 0 aliphatic carbocycles. The number of imide groups is 2. The number of amides is 4. The third kappa shape index (κ3) is 9.21. The minimum atomic E-state index is -1.02. The first-order chi connectivity index (χ1) is 26.1. The Bertz CT molecular complexity index is 2120. The number of ether oxygens (including phenoxy) is 6. The van der Waals surface area contributed by atoms with E-state index in [9.17, 15) is 24.0 Å². The van der Waals surface area contributed by atoms with Gasteiger partial charge in [-0.25, -0.2) is 0 Å². The normalized spacial score (nSPS) is 15.5. The predicted octanol–water partition coefficient (Wildman–Crippen LogP) is 5.03. The molecule has 284 valence electrons. The van der Waals surface area contributed by atoms with E-state index in [1.54, 1.807) is 36.4 Å². The smallest absolute Gasteiger partial charge is 0.262 e. The molecule has 1 saturated heterocycles. The van der Waals surface area contributed by atoms with Crippen LogP contribution in [0.1, 0.15) is 40.5 Å². The van der Waals surface area contributed by atoms with Crippen LogP contribution in [0.3, 0.4) is 0 Å². The summed E-state index contributed by atoms with van der Waals surface area (Å²) in [5.41, 5.74) is 1.11. The van der Waals surface area contributed by atoms with Gasteiger partial charge in [-0.05, 0) is 78.4 Å². The molecule has 54 heavy (non-hydrogen) atoms. The summed E-state index contributed by atoms with van der Waals surface area (Å²) in [5, 5.41) is 3.00. The number of nitrogens with zero attached hydrogens (tertiary/aromatic N) is 1. The summed E-state index contributed by atoms with van der Waals surface area (Å²) in [7, 11) is 0. The van der Waals surface area contributed by atoms with Crippen LogP contribution >= 0.6 is 34.2 Å². The van der Waals surface area contributed by atoms with Crippen molar-refractivity contribution in [3.05, 3.63) is 84.5 Å². The fourth-order valence-corrected chi connectivity index (χ4v) is 6.75. The number of hydrogen-bond donors (Lipinski definition) is 1. The van der Waals surface area contributed by atoms with Gasteiger partial charge in [-0.15, -0.1) is 0 Å². The van der Waals surface area contributed by atoms with Crippen molar-refractivity contribution in [1.29, 1.82) is 0 Å². The van der Waals surface area contributed by atoms with Gasteiger partial charge >= 0.3 is 0 Å². The number of nitrogens with one attached hydrogen (secondary N) is 1. The Morgan fingerprint density at radius 2 is 1.37 bits per heavy atom. The zero-order valence-corrected chi connectivity index (χ0v) is 32.1. The Hall–Kier alpha value is -4.55. The number of piperidine rings is 1. The Balaban J connectivity index is 0.833. The lowest BCUT2D eigenvalue weighted by molar-refractivity contribution is -0.136. The molecule has 1 unspecified atom stereocenters. The van der Waals surface area contributed by atoms with Crippen molar-refractivity contribution >= 4 is 68.8 Å². The van der Waals surface area contributed by atoms with Crippen molar-refractivity contribution in [2.75, 3.05) is 59.5 Å². The number of halogens is 2. The molecule has 4 amide bonds. The van der Waals surface area contributed by atoms with E-state index < -0.39 is 29.7 Å². The Morgan fingerprint density at radius 1 is 0.759 bits per heavy atom. The van der Waals surface area contributed by atoms with Crippen LogP contribution < -0.4 is 25.0 Å². The van der Waals surface area contributed by atoms with E-state index in [0.717, 1.165) is 8.47 Å². The first kappa shape index (κ1) is 39.2. The molecule has 1 N–H and O–H groups in total. The molecule has 6 rings (SSSR count). The summed E-state index contributed by atoms with van der Waals surface area (Å²) in [6.45, 7) is 4.85. The number of fused-ring (bicyclic) bond motifs is 2. The van der Waals surface area contributed by atoms with Crippen LogP contribution in [0.5, 0.6) is 17.2 Å². The zero-order valence-electron chi connectivity index (χ0n) is 29.2. The second kappa shape index (κ2) is 18.2. The van der Waals surface area contributed by atoms with Gasteiger partial charge in [0.2, 0.25) is 11.8 Å². The molecule has 16 heteroatoms. The lowest BCUT2D eigenvalue weighted by Gasteiger charge is -2.27. The molecule has 3 aromatic carbocycles. The van der Waals surface area contributed by atoms with Gasteiger partial charge in [0, 0.05) is 24.1 Å². The number of hydrogen-bond acceptors (Lipinski definition) is 12. The van der Waals surface area contributed by atoms with Gasteiger partial charge in [0.15, 0.2) is 5.43 Å². The topological polar surface area (TPSA) is 169 Å². The molecule has 1 atom stereocenters. The van der Waals surface area contributed by atoms with Gasteiger partial charge in [-0.2, -0.15) is 0 Å². The predicted molar refractivity (Wildman–Crippen MR) is 203 cm³/mol. The van der Waals surface area contributed by atoms with E-state index in [2.05, 4.69) is 27.9 Å². The van der Waals surface area contributed by atoms with Crippen LogP contribution in [0, 0.1) is 3.57 Å². The molecule has 0 spiro atoms. The summed E-state index contributed by atoms with van der Waals surface area (Å²) in [4.78, 5) is 63.2. The van der Waals surface area contributed by atoms with Crippen LogP contribution in [-0.2, 0) is 23.8 Å². The van der Waals surface area contributed by atoms with E-state index in [4.69, 9.17) is 44.4 Å². The lowest BCUT2D eigenvalue weighted by atomic mass is 10.0. The van der Waals surface area contributed by atoms with Crippen LogP contribution in [0.15, 0.2) is 63.8 Å². The highest BCUT2D eigenvalue weighted by Gasteiger charge is 2.44. The molecule has 14 nitrogen and oxygen atoms in total. The van der Waals surface area contributed by atoms with Gasteiger partial charge in [0.05, 0.1) is 71.4 Å². The summed E-state index contributed by atoms with van der Waals surface area (Å²) in [6, 6.07) is 13.5. The number of carbonyl (C=O) groups excluding carboxylic acids is 4. The van der Waals surface area contributed by atoms with Gasteiger partial charge in [0.1, 0.15) is 47.8 Å². The van der Waals surface area contributed by atoms with E-state index in [0.29, 0.717) is 84.2 Å². The summed E-state index contributed by atoms with van der Waals surface area (Å²) >= 11 is 8.67. The number of rotatable bonds is 18. The highest BCUT2D eigenvalue weighted by Crippen LogP contribution is 2.34. The summed E-state index contributed by atoms with van der Waals surface area (Å²) in [6.07, 6.45) is 0.141. The molecule has 4 aromatic rings. The second-order valence-corrected chi connectivity index (χ2v) is 13.6. The monoisotopic (exact) mass is 874 g/mol. The SMILES string of the molecule is CCOc1cc2oc(-c3ccc(OCCOCCOCCOCCOc4ccc5c(c4)C(=O)N(C4CCC(=O)NC4=O)C5=O)cc3Cl)cc(=O)c2cc1I. The minimum Gasteiger partial charge on any atom is -0.493 e. The molecule has 1 aromatic heterocycles.